The molecule has 0 spiro atoms. The highest BCUT2D eigenvalue weighted by Crippen LogP contribution is 2.29. The van der Waals surface area contributed by atoms with E-state index in [2.05, 4.69) is 6.07 Å². The van der Waals surface area contributed by atoms with Gasteiger partial charge < -0.3 is 9.47 Å². The molecule has 0 atom stereocenters. The van der Waals surface area contributed by atoms with Crippen molar-refractivity contribution in [2.24, 2.45) is 0 Å². The number of nitriles is 3. The molecule has 1 heterocycles. The maximum Gasteiger partial charge on any atom is 0.348 e. The lowest BCUT2D eigenvalue weighted by Crippen LogP contribution is -2.05. The largest absolute Gasteiger partial charge is 0.489 e. The maximum atomic E-state index is 12.8. The Labute approximate surface area is 213 Å². The molecule has 3 aromatic rings. The molecule has 0 saturated heterocycles. The van der Waals surface area contributed by atoms with Crippen molar-refractivity contribution in [3.05, 3.63) is 91.7 Å². The SMILES string of the molecule is CCOC(=O)c1sc(CC(=O)/C(C#N)=C/c2ccc(OCc3ccc(C#N)cc3)cc2)c(C#N)c1C. The summed E-state index contributed by atoms with van der Waals surface area (Å²) in [6, 6.07) is 20.1. The molecule has 2 aromatic carbocycles. The van der Waals surface area contributed by atoms with Crippen molar-refractivity contribution in [2.75, 3.05) is 6.61 Å². The highest BCUT2D eigenvalue weighted by atomic mass is 32.1. The van der Waals surface area contributed by atoms with E-state index in [1.165, 1.54) is 6.08 Å². The summed E-state index contributed by atoms with van der Waals surface area (Å²) < 4.78 is 10.8. The van der Waals surface area contributed by atoms with Crippen LogP contribution >= 0.6 is 11.3 Å². The van der Waals surface area contributed by atoms with Crippen molar-refractivity contribution in [1.29, 1.82) is 15.8 Å². The molecular formula is C28H21N3O4S. The Balaban J connectivity index is 1.70. The summed E-state index contributed by atoms with van der Waals surface area (Å²) in [4.78, 5) is 25.7. The second kappa shape index (κ2) is 12.1. The summed E-state index contributed by atoms with van der Waals surface area (Å²) in [5.74, 6) is -0.375. The first-order valence-electron chi connectivity index (χ1n) is 11.0. The number of carbonyl (C=O) groups is 2. The molecule has 0 N–H and O–H groups in total. The minimum Gasteiger partial charge on any atom is -0.489 e. The highest BCUT2D eigenvalue weighted by Gasteiger charge is 2.23. The molecule has 0 amide bonds. The number of hydrogen-bond donors (Lipinski definition) is 0. The summed E-state index contributed by atoms with van der Waals surface area (Å²) in [5.41, 5.74) is 2.81. The van der Waals surface area contributed by atoms with Crippen molar-refractivity contribution < 1.29 is 19.1 Å². The third-order valence-corrected chi connectivity index (χ3v) is 6.49. The molecule has 0 unspecified atom stereocenters. The van der Waals surface area contributed by atoms with Gasteiger partial charge in [-0.2, -0.15) is 15.8 Å². The second-order valence-electron chi connectivity index (χ2n) is 7.62. The van der Waals surface area contributed by atoms with Crippen LogP contribution < -0.4 is 4.74 Å². The van der Waals surface area contributed by atoms with Crippen molar-refractivity contribution in [3.63, 3.8) is 0 Å². The number of nitrogens with zero attached hydrogens (tertiary/aromatic N) is 3. The van der Waals surface area contributed by atoms with Crippen LogP contribution in [0.2, 0.25) is 0 Å². The molecular weight excluding hydrogens is 474 g/mol. The van der Waals surface area contributed by atoms with Gasteiger partial charge in [-0.25, -0.2) is 4.79 Å². The monoisotopic (exact) mass is 495 g/mol. The quantitative estimate of drug-likeness (QED) is 0.225. The lowest BCUT2D eigenvalue weighted by Gasteiger charge is -2.07. The first-order valence-corrected chi connectivity index (χ1v) is 11.8. The highest BCUT2D eigenvalue weighted by molar-refractivity contribution is 7.14. The number of ether oxygens (including phenoxy) is 2. The van der Waals surface area contributed by atoms with E-state index < -0.39 is 11.8 Å². The van der Waals surface area contributed by atoms with Gasteiger partial charge in [0.05, 0.1) is 29.4 Å². The summed E-state index contributed by atoms with van der Waals surface area (Å²) in [6.45, 7) is 3.86. The molecule has 0 bridgehead atoms. The van der Waals surface area contributed by atoms with E-state index in [4.69, 9.17) is 14.7 Å². The summed E-state index contributed by atoms with van der Waals surface area (Å²) in [6.07, 6.45) is 1.31. The smallest absolute Gasteiger partial charge is 0.348 e. The van der Waals surface area contributed by atoms with Crippen molar-refractivity contribution in [1.82, 2.24) is 0 Å². The molecule has 1 aromatic heterocycles. The van der Waals surface area contributed by atoms with E-state index in [1.807, 2.05) is 24.3 Å². The Morgan fingerprint density at radius 3 is 2.28 bits per heavy atom. The van der Waals surface area contributed by atoms with Crippen LogP contribution in [0.4, 0.5) is 0 Å². The fourth-order valence-corrected chi connectivity index (χ4v) is 4.47. The van der Waals surface area contributed by atoms with Gasteiger partial charge in [0.25, 0.3) is 0 Å². The topological polar surface area (TPSA) is 124 Å². The van der Waals surface area contributed by atoms with Crippen LogP contribution in [-0.4, -0.2) is 18.4 Å². The molecule has 0 radical (unpaired) electrons. The minimum absolute atomic E-state index is 0.0612. The summed E-state index contributed by atoms with van der Waals surface area (Å²) in [7, 11) is 0. The third kappa shape index (κ3) is 6.24. The van der Waals surface area contributed by atoms with Crippen LogP contribution in [0.25, 0.3) is 6.08 Å². The first kappa shape index (κ1) is 25.9. The Morgan fingerprint density at radius 2 is 1.69 bits per heavy atom. The van der Waals surface area contributed by atoms with Crippen molar-refractivity contribution in [3.8, 4) is 24.0 Å². The van der Waals surface area contributed by atoms with Gasteiger partial charge in [0.15, 0.2) is 5.78 Å². The number of thiophene rings is 1. The number of rotatable bonds is 9. The third-order valence-electron chi connectivity index (χ3n) is 5.21. The number of hydrogen-bond acceptors (Lipinski definition) is 8. The minimum atomic E-state index is -0.535. The predicted molar refractivity (Wildman–Crippen MR) is 134 cm³/mol. The van der Waals surface area contributed by atoms with E-state index in [1.54, 1.807) is 50.2 Å². The normalized spacial score (nSPS) is 10.6. The lowest BCUT2D eigenvalue weighted by molar-refractivity contribution is -0.114. The zero-order valence-corrected chi connectivity index (χ0v) is 20.5. The Hall–Kier alpha value is -4.71. The Morgan fingerprint density at radius 1 is 1.00 bits per heavy atom. The predicted octanol–water partition coefficient (Wildman–Crippen LogP) is 5.27. The molecule has 7 nitrogen and oxygen atoms in total. The zero-order chi connectivity index (χ0) is 26.1. The first-order chi connectivity index (χ1) is 17.4. The molecule has 36 heavy (non-hydrogen) atoms. The number of carbonyl (C=O) groups excluding carboxylic acids is 2. The molecule has 0 aliphatic rings. The second-order valence-corrected chi connectivity index (χ2v) is 8.73. The van der Waals surface area contributed by atoms with E-state index in [9.17, 15) is 20.1 Å². The number of esters is 1. The van der Waals surface area contributed by atoms with Gasteiger partial charge in [-0.15, -0.1) is 11.3 Å². The summed E-state index contributed by atoms with van der Waals surface area (Å²) in [5, 5.41) is 28.0. The van der Waals surface area contributed by atoms with Crippen LogP contribution in [0.3, 0.4) is 0 Å². The van der Waals surface area contributed by atoms with E-state index in [0.717, 1.165) is 16.9 Å². The molecule has 0 saturated carbocycles. The fourth-order valence-electron chi connectivity index (χ4n) is 3.32. The van der Waals surface area contributed by atoms with E-state index >= 15 is 0 Å². The van der Waals surface area contributed by atoms with Gasteiger partial charge in [-0.05, 0) is 60.9 Å². The zero-order valence-electron chi connectivity index (χ0n) is 19.7. The molecule has 178 valence electrons. The van der Waals surface area contributed by atoms with Crippen molar-refractivity contribution in [2.45, 2.75) is 26.9 Å². The van der Waals surface area contributed by atoms with Gasteiger partial charge in [0, 0.05) is 11.3 Å². The molecule has 8 heteroatoms. The number of ketones is 1. The van der Waals surface area contributed by atoms with Crippen LogP contribution in [0.5, 0.6) is 5.75 Å². The number of benzene rings is 2. The average molecular weight is 496 g/mol. The Bertz CT molecular complexity index is 1430. The Kier molecular flexibility index (Phi) is 8.73. The lowest BCUT2D eigenvalue weighted by atomic mass is 10.0. The van der Waals surface area contributed by atoms with Crippen LogP contribution in [0.15, 0.2) is 54.1 Å². The summed E-state index contributed by atoms with van der Waals surface area (Å²) >= 11 is 1.04. The molecule has 0 fully saturated rings. The number of Topliss-reactive ketones (excluding diaryl/α,β-unsaturated/α-hetero) is 1. The average Bonchev–Trinajstić information content (AvgIpc) is 3.21. The van der Waals surface area contributed by atoms with Gasteiger partial charge in [-0.3, -0.25) is 4.79 Å². The van der Waals surface area contributed by atoms with Crippen LogP contribution in [-0.2, 0) is 22.6 Å². The van der Waals surface area contributed by atoms with E-state index in [0.29, 0.717) is 33.9 Å². The van der Waals surface area contributed by atoms with Gasteiger partial charge in [-0.1, -0.05) is 24.3 Å². The molecule has 0 aliphatic carbocycles. The van der Waals surface area contributed by atoms with E-state index in [-0.39, 0.29) is 29.0 Å². The standard InChI is InChI=1S/C28H21N3O4S/c1-3-34-28(33)27-18(2)24(16-31)26(36-27)13-25(32)22(15-30)12-19-8-10-23(11-9-19)35-17-21-6-4-20(14-29)5-7-21/h4-12H,3,13,17H2,1-2H3/b22-12+. The molecule has 0 aliphatic heterocycles. The number of allylic oxidation sites excluding steroid dienone is 1. The van der Waals surface area contributed by atoms with Crippen molar-refractivity contribution >= 4 is 29.2 Å². The fraction of sp³-hybridized carbons (Fsp3) is 0.179. The van der Waals surface area contributed by atoms with Crippen LogP contribution in [0, 0.1) is 40.9 Å². The van der Waals surface area contributed by atoms with Gasteiger partial charge >= 0.3 is 5.97 Å². The van der Waals surface area contributed by atoms with Gasteiger partial charge in [0.1, 0.15) is 29.4 Å². The molecule has 3 rings (SSSR count). The van der Waals surface area contributed by atoms with Gasteiger partial charge in [0.2, 0.25) is 0 Å². The maximum absolute atomic E-state index is 12.8. The van der Waals surface area contributed by atoms with Crippen LogP contribution in [0.1, 0.15) is 49.3 Å².